The van der Waals surface area contributed by atoms with Gasteiger partial charge in [0.15, 0.2) is 0 Å². The molecule has 18 heavy (non-hydrogen) atoms. The van der Waals surface area contributed by atoms with Crippen molar-refractivity contribution in [1.29, 1.82) is 0 Å². The molecule has 0 aliphatic carbocycles. The van der Waals surface area contributed by atoms with Gasteiger partial charge in [0, 0.05) is 24.2 Å². The molecule has 0 spiro atoms. The molecule has 0 saturated carbocycles. The van der Waals surface area contributed by atoms with Crippen LogP contribution < -0.4 is 5.69 Å². The highest BCUT2D eigenvalue weighted by Gasteiger charge is 2.31. The Morgan fingerprint density at radius 2 is 1.94 bits per heavy atom. The average molecular weight is 276 g/mol. The lowest BCUT2D eigenvalue weighted by atomic mass is 10.2. The summed E-state index contributed by atoms with van der Waals surface area (Å²) in [5.74, 6) is 0. The molecule has 1 N–H and O–H groups in total. The van der Waals surface area contributed by atoms with Crippen LogP contribution in [0.15, 0.2) is 29.5 Å². The first-order valence-corrected chi connectivity index (χ1v) is 5.03. The lowest BCUT2D eigenvalue weighted by Gasteiger charge is -2.08. The number of halogens is 4. The SMILES string of the molecule is O=c1ncc(-c2ncc(C(F)(F)F)cc2Cl)c[nH]1. The Labute approximate surface area is 103 Å². The Kier molecular flexibility index (Phi) is 3.08. The second-order valence-electron chi connectivity index (χ2n) is 3.36. The Morgan fingerprint density at radius 3 is 2.44 bits per heavy atom. The number of nitrogens with one attached hydrogen (secondary N) is 1. The number of rotatable bonds is 1. The van der Waals surface area contributed by atoms with Crippen LogP contribution in [-0.4, -0.2) is 15.0 Å². The van der Waals surface area contributed by atoms with E-state index in [9.17, 15) is 18.0 Å². The van der Waals surface area contributed by atoms with Gasteiger partial charge in [0.2, 0.25) is 0 Å². The molecule has 0 radical (unpaired) electrons. The van der Waals surface area contributed by atoms with Gasteiger partial charge in [0.1, 0.15) is 0 Å². The van der Waals surface area contributed by atoms with Crippen molar-refractivity contribution in [2.75, 3.05) is 0 Å². The molecule has 0 bridgehead atoms. The fourth-order valence-electron chi connectivity index (χ4n) is 1.28. The van der Waals surface area contributed by atoms with E-state index in [0.29, 0.717) is 11.8 Å². The van der Waals surface area contributed by atoms with E-state index in [1.807, 2.05) is 0 Å². The zero-order valence-electron chi connectivity index (χ0n) is 8.62. The Bertz CT molecular complexity index is 619. The summed E-state index contributed by atoms with van der Waals surface area (Å²) in [5.41, 5.74) is -1.06. The standard InChI is InChI=1S/C10H5ClF3N3O/c11-7-1-6(10(12,13)14)4-15-8(7)5-2-16-9(18)17-3-5/h1-4H,(H,16,17,18). The number of pyridine rings is 1. The maximum atomic E-state index is 12.4. The van der Waals surface area contributed by atoms with E-state index in [1.54, 1.807) is 0 Å². The van der Waals surface area contributed by atoms with Crippen LogP contribution in [0.1, 0.15) is 5.56 Å². The highest BCUT2D eigenvalue weighted by atomic mass is 35.5. The van der Waals surface area contributed by atoms with Crippen LogP contribution in [0.5, 0.6) is 0 Å². The summed E-state index contributed by atoms with van der Waals surface area (Å²) in [7, 11) is 0. The maximum absolute atomic E-state index is 12.4. The molecule has 2 rings (SSSR count). The Balaban J connectivity index is 2.48. The van der Waals surface area contributed by atoms with Crippen LogP contribution >= 0.6 is 11.6 Å². The summed E-state index contributed by atoms with van der Waals surface area (Å²) in [4.78, 5) is 20.1. The molecule has 94 valence electrons. The molecule has 0 amide bonds. The minimum Gasteiger partial charge on any atom is -0.312 e. The van der Waals surface area contributed by atoms with E-state index >= 15 is 0 Å². The van der Waals surface area contributed by atoms with Crippen molar-refractivity contribution < 1.29 is 13.2 Å². The molecule has 0 aromatic carbocycles. The maximum Gasteiger partial charge on any atom is 0.417 e. The van der Waals surface area contributed by atoms with Crippen LogP contribution in [-0.2, 0) is 6.18 Å². The molecule has 2 aromatic heterocycles. The number of aromatic amines is 1. The van der Waals surface area contributed by atoms with Crippen LogP contribution in [0, 0.1) is 0 Å². The molecule has 0 saturated heterocycles. The quantitative estimate of drug-likeness (QED) is 0.870. The predicted molar refractivity (Wildman–Crippen MR) is 58.1 cm³/mol. The van der Waals surface area contributed by atoms with Gasteiger partial charge in [-0.25, -0.2) is 9.78 Å². The van der Waals surface area contributed by atoms with E-state index in [2.05, 4.69) is 15.0 Å². The first-order chi connectivity index (χ1) is 8.38. The zero-order chi connectivity index (χ0) is 13.3. The minimum absolute atomic E-state index is 0.119. The monoisotopic (exact) mass is 275 g/mol. The third-order valence-corrected chi connectivity index (χ3v) is 2.40. The first-order valence-electron chi connectivity index (χ1n) is 4.66. The van der Waals surface area contributed by atoms with Gasteiger partial charge in [-0.2, -0.15) is 13.2 Å². The first kappa shape index (κ1) is 12.6. The van der Waals surface area contributed by atoms with Gasteiger partial charge >= 0.3 is 11.9 Å². The van der Waals surface area contributed by atoms with Crippen LogP contribution in [0.3, 0.4) is 0 Å². The van der Waals surface area contributed by atoms with Crippen molar-refractivity contribution in [1.82, 2.24) is 15.0 Å². The molecule has 8 heteroatoms. The van der Waals surface area contributed by atoms with E-state index in [0.717, 1.165) is 6.07 Å². The van der Waals surface area contributed by atoms with Gasteiger partial charge in [0.05, 0.1) is 16.3 Å². The van der Waals surface area contributed by atoms with Gasteiger partial charge < -0.3 is 4.98 Å². The van der Waals surface area contributed by atoms with E-state index in [-0.39, 0.29) is 10.7 Å². The lowest BCUT2D eigenvalue weighted by molar-refractivity contribution is -0.137. The van der Waals surface area contributed by atoms with E-state index < -0.39 is 17.4 Å². The minimum atomic E-state index is -4.50. The van der Waals surface area contributed by atoms with Crippen molar-refractivity contribution in [3.05, 3.63) is 45.7 Å². The van der Waals surface area contributed by atoms with Crippen molar-refractivity contribution in [3.63, 3.8) is 0 Å². The number of alkyl halides is 3. The van der Waals surface area contributed by atoms with Gasteiger partial charge in [-0.15, -0.1) is 0 Å². The van der Waals surface area contributed by atoms with Crippen LogP contribution in [0.4, 0.5) is 13.2 Å². The van der Waals surface area contributed by atoms with Gasteiger partial charge in [-0.3, -0.25) is 4.98 Å². The average Bonchev–Trinajstić information content (AvgIpc) is 2.29. The summed E-state index contributed by atoms with van der Waals surface area (Å²) >= 11 is 5.73. The molecule has 2 heterocycles. The fourth-order valence-corrected chi connectivity index (χ4v) is 1.55. The second kappa shape index (κ2) is 4.41. The fraction of sp³-hybridized carbons (Fsp3) is 0.100. The summed E-state index contributed by atoms with van der Waals surface area (Å²) < 4.78 is 37.2. The molecule has 2 aromatic rings. The molecule has 0 aliphatic heterocycles. The largest absolute Gasteiger partial charge is 0.417 e. The van der Waals surface area contributed by atoms with Crippen molar-refractivity contribution in [2.24, 2.45) is 0 Å². The van der Waals surface area contributed by atoms with Gasteiger partial charge in [-0.1, -0.05) is 11.6 Å². The topological polar surface area (TPSA) is 58.6 Å². The zero-order valence-corrected chi connectivity index (χ0v) is 9.38. The number of hydrogen-bond acceptors (Lipinski definition) is 3. The third-order valence-electron chi connectivity index (χ3n) is 2.11. The Hall–Kier alpha value is -1.89. The van der Waals surface area contributed by atoms with Crippen molar-refractivity contribution >= 4 is 11.6 Å². The molecular weight excluding hydrogens is 271 g/mol. The van der Waals surface area contributed by atoms with Gasteiger partial charge in [-0.05, 0) is 6.07 Å². The number of nitrogens with zero attached hydrogens (tertiary/aromatic N) is 2. The van der Waals surface area contributed by atoms with E-state index in [4.69, 9.17) is 11.6 Å². The number of H-pyrrole nitrogens is 1. The predicted octanol–water partition coefficient (Wildman–Crippen LogP) is 2.50. The highest BCUT2D eigenvalue weighted by Crippen LogP contribution is 2.33. The van der Waals surface area contributed by atoms with Gasteiger partial charge in [0.25, 0.3) is 0 Å². The second-order valence-corrected chi connectivity index (χ2v) is 3.77. The lowest BCUT2D eigenvalue weighted by Crippen LogP contribution is -2.09. The molecule has 0 aliphatic rings. The van der Waals surface area contributed by atoms with E-state index in [1.165, 1.54) is 12.4 Å². The molecule has 0 fully saturated rings. The summed E-state index contributed by atoms with van der Waals surface area (Å²) in [6, 6.07) is 0.773. The third kappa shape index (κ3) is 2.51. The van der Waals surface area contributed by atoms with Crippen LogP contribution in [0.25, 0.3) is 11.3 Å². The number of aromatic nitrogens is 3. The molecule has 0 unspecified atom stereocenters. The highest BCUT2D eigenvalue weighted by molar-refractivity contribution is 6.33. The number of hydrogen-bond donors (Lipinski definition) is 1. The summed E-state index contributed by atoms with van der Waals surface area (Å²) in [6.07, 6.45) is -1.37. The molecule has 4 nitrogen and oxygen atoms in total. The summed E-state index contributed by atoms with van der Waals surface area (Å²) in [5, 5.41) is -0.168. The molecular formula is C10H5ClF3N3O. The summed E-state index contributed by atoms with van der Waals surface area (Å²) in [6.45, 7) is 0. The Morgan fingerprint density at radius 1 is 1.22 bits per heavy atom. The van der Waals surface area contributed by atoms with Crippen molar-refractivity contribution in [2.45, 2.75) is 6.18 Å². The van der Waals surface area contributed by atoms with Crippen LogP contribution in [0.2, 0.25) is 5.02 Å². The molecule has 0 atom stereocenters. The smallest absolute Gasteiger partial charge is 0.312 e. The van der Waals surface area contributed by atoms with Crippen molar-refractivity contribution in [3.8, 4) is 11.3 Å². The normalized spacial score (nSPS) is 11.6.